The maximum atomic E-state index is 11.1. The molecule has 1 aromatic heterocycles. The summed E-state index contributed by atoms with van der Waals surface area (Å²) in [6.07, 6.45) is 1.17. The number of nitro groups is 1. The lowest BCUT2D eigenvalue weighted by Gasteiger charge is -2.09. The lowest BCUT2D eigenvalue weighted by atomic mass is 10.1. The smallest absolute Gasteiger partial charge is 0.311 e. The quantitative estimate of drug-likeness (QED) is 0.329. The van der Waals surface area contributed by atoms with Gasteiger partial charge in [0.05, 0.1) is 23.6 Å². The third-order valence-electron chi connectivity index (χ3n) is 2.59. The summed E-state index contributed by atoms with van der Waals surface area (Å²) in [7, 11) is 0. The van der Waals surface area contributed by atoms with E-state index in [1.807, 2.05) is 0 Å². The number of rotatable bonds is 4. The maximum absolute atomic E-state index is 11.1. The van der Waals surface area contributed by atoms with E-state index < -0.39 is 4.92 Å². The number of hydrogen-bond donors (Lipinski definition) is 3. The number of aromatic nitrogens is 1. The lowest BCUT2D eigenvalue weighted by molar-refractivity contribution is -0.384. The molecule has 8 heteroatoms. The second-order valence-corrected chi connectivity index (χ2v) is 3.91. The first-order valence-corrected chi connectivity index (χ1v) is 5.83. The van der Waals surface area contributed by atoms with E-state index in [0.29, 0.717) is 10.9 Å². The average molecular weight is 275 g/mol. The van der Waals surface area contributed by atoms with Crippen molar-refractivity contribution in [1.29, 1.82) is 0 Å². The van der Waals surface area contributed by atoms with Crippen molar-refractivity contribution >= 4 is 28.2 Å². The second kappa shape index (κ2) is 5.93. The molecule has 20 heavy (non-hydrogen) atoms. The third-order valence-corrected chi connectivity index (χ3v) is 2.59. The summed E-state index contributed by atoms with van der Waals surface area (Å²) in [4.78, 5) is 18.4. The minimum absolute atomic E-state index is 0.00139. The summed E-state index contributed by atoms with van der Waals surface area (Å²) in [6, 6.07) is 6.98. The minimum atomic E-state index is -0.541. The van der Waals surface area contributed by atoms with Crippen molar-refractivity contribution < 1.29 is 10.0 Å². The summed E-state index contributed by atoms with van der Waals surface area (Å²) < 4.78 is 0. The number of aliphatic imine (C=N–C) groups is 1. The molecule has 0 spiro atoms. The van der Waals surface area contributed by atoms with Gasteiger partial charge in [-0.2, -0.15) is 0 Å². The molecule has 104 valence electrons. The SMILES string of the molecule is NC(=NCCO)Nc1c([N+](=O)[O-])cnc2ccccc12. The number of para-hydroxylation sites is 1. The first-order valence-electron chi connectivity index (χ1n) is 5.83. The summed E-state index contributed by atoms with van der Waals surface area (Å²) in [5, 5.41) is 23.0. The van der Waals surface area contributed by atoms with Gasteiger partial charge in [0.25, 0.3) is 0 Å². The van der Waals surface area contributed by atoms with Crippen LogP contribution in [0.4, 0.5) is 11.4 Å². The second-order valence-electron chi connectivity index (χ2n) is 3.91. The zero-order valence-corrected chi connectivity index (χ0v) is 10.5. The van der Waals surface area contributed by atoms with E-state index in [-0.39, 0.29) is 30.5 Å². The Hall–Kier alpha value is -2.74. The zero-order chi connectivity index (χ0) is 14.5. The Kier molecular flexibility index (Phi) is 4.06. The van der Waals surface area contributed by atoms with Crippen molar-refractivity contribution in [3.63, 3.8) is 0 Å². The molecule has 1 aromatic carbocycles. The predicted octanol–water partition coefficient (Wildman–Crippen LogP) is 0.862. The highest BCUT2D eigenvalue weighted by molar-refractivity contribution is 6.04. The number of fused-ring (bicyclic) bond motifs is 1. The number of nitrogens with two attached hydrogens (primary N) is 1. The number of guanidine groups is 1. The van der Waals surface area contributed by atoms with Crippen LogP contribution in [0.15, 0.2) is 35.5 Å². The summed E-state index contributed by atoms with van der Waals surface area (Å²) in [6.45, 7) is -0.0305. The number of benzene rings is 1. The Bertz CT molecular complexity index is 671. The van der Waals surface area contributed by atoms with E-state index in [0.717, 1.165) is 0 Å². The lowest BCUT2D eigenvalue weighted by Crippen LogP contribution is -2.24. The van der Waals surface area contributed by atoms with E-state index in [9.17, 15) is 10.1 Å². The summed E-state index contributed by atoms with van der Waals surface area (Å²) in [5.41, 5.74) is 6.29. The van der Waals surface area contributed by atoms with E-state index in [1.165, 1.54) is 6.20 Å². The molecule has 2 aromatic rings. The topological polar surface area (TPSA) is 127 Å². The van der Waals surface area contributed by atoms with Crippen molar-refractivity contribution in [1.82, 2.24) is 4.98 Å². The molecule has 8 nitrogen and oxygen atoms in total. The molecule has 0 atom stereocenters. The maximum Gasteiger partial charge on any atom is 0.311 e. The number of anilines is 1. The molecule has 0 aliphatic rings. The number of nitrogens with one attached hydrogen (secondary N) is 1. The van der Waals surface area contributed by atoms with Gasteiger partial charge in [-0.15, -0.1) is 0 Å². The Morgan fingerprint density at radius 2 is 2.25 bits per heavy atom. The van der Waals surface area contributed by atoms with Crippen LogP contribution in [0.2, 0.25) is 0 Å². The molecule has 0 saturated heterocycles. The molecular weight excluding hydrogens is 262 g/mol. The predicted molar refractivity (Wildman–Crippen MR) is 75.6 cm³/mol. The van der Waals surface area contributed by atoms with Crippen LogP contribution in [0.3, 0.4) is 0 Å². The molecule has 2 rings (SSSR count). The van der Waals surface area contributed by atoms with Gasteiger partial charge in [0.2, 0.25) is 0 Å². The molecule has 0 radical (unpaired) electrons. The van der Waals surface area contributed by atoms with E-state index in [2.05, 4.69) is 15.3 Å². The molecule has 4 N–H and O–H groups in total. The van der Waals surface area contributed by atoms with Gasteiger partial charge < -0.3 is 16.2 Å². The normalized spacial score (nSPS) is 11.6. The van der Waals surface area contributed by atoms with Gasteiger partial charge in [0, 0.05) is 5.39 Å². The number of nitrogens with zero attached hydrogens (tertiary/aromatic N) is 3. The van der Waals surface area contributed by atoms with E-state index in [1.54, 1.807) is 24.3 Å². The molecular formula is C12H13N5O3. The fourth-order valence-corrected chi connectivity index (χ4v) is 1.74. The molecule has 0 saturated carbocycles. The van der Waals surface area contributed by atoms with Crippen LogP contribution >= 0.6 is 0 Å². The molecule has 1 heterocycles. The summed E-state index contributed by atoms with van der Waals surface area (Å²) >= 11 is 0. The minimum Gasteiger partial charge on any atom is -0.394 e. The Morgan fingerprint density at radius 1 is 1.50 bits per heavy atom. The van der Waals surface area contributed by atoms with Gasteiger partial charge in [-0.3, -0.25) is 15.1 Å². The zero-order valence-electron chi connectivity index (χ0n) is 10.5. The van der Waals surface area contributed by atoms with Crippen molar-refractivity contribution in [3.8, 4) is 0 Å². The third kappa shape index (κ3) is 2.81. The van der Waals surface area contributed by atoms with Crippen molar-refractivity contribution in [2.24, 2.45) is 10.7 Å². The fourth-order valence-electron chi connectivity index (χ4n) is 1.74. The first-order chi connectivity index (χ1) is 9.63. The van der Waals surface area contributed by atoms with Gasteiger partial charge in [-0.1, -0.05) is 18.2 Å². The number of pyridine rings is 1. The van der Waals surface area contributed by atoms with Crippen LogP contribution in [0.5, 0.6) is 0 Å². The Morgan fingerprint density at radius 3 is 2.95 bits per heavy atom. The molecule has 0 unspecified atom stereocenters. The molecule has 0 aliphatic heterocycles. The number of hydrogen-bond acceptors (Lipinski definition) is 5. The monoisotopic (exact) mass is 275 g/mol. The van der Waals surface area contributed by atoms with Crippen molar-refractivity contribution in [3.05, 3.63) is 40.6 Å². The Balaban J connectivity index is 2.52. The van der Waals surface area contributed by atoms with Crippen LogP contribution in [0, 0.1) is 10.1 Å². The highest BCUT2D eigenvalue weighted by atomic mass is 16.6. The van der Waals surface area contributed by atoms with E-state index in [4.69, 9.17) is 10.8 Å². The van der Waals surface area contributed by atoms with Crippen LogP contribution < -0.4 is 11.1 Å². The van der Waals surface area contributed by atoms with Crippen LogP contribution in [-0.2, 0) is 0 Å². The van der Waals surface area contributed by atoms with Gasteiger partial charge in [0.15, 0.2) is 5.96 Å². The highest BCUT2D eigenvalue weighted by Crippen LogP contribution is 2.31. The highest BCUT2D eigenvalue weighted by Gasteiger charge is 2.18. The molecule has 0 bridgehead atoms. The van der Waals surface area contributed by atoms with Crippen molar-refractivity contribution in [2.75, 3.05) is 18.5 Å². The standard InChI is InChI=1S/C12H13N5O3/c13-12(14-5-6-18)16-11-8-3-1-2-4-9(8)15-7-10(11)17(19)20/h1-4,7,18H,5-6H2,(H3,13,14,15,16). The van der Waals surface area contributed by atoms with Crippen LogP contribution in [-0.4, -0.2) is 34.1 Å². The van der Waals surface area contributed by atoms with E-state index >= 15 is 0 Å². The molecule has 0 amide bonds. The van der Waals surface area contributed by atoms with Crippen LogP contribution in [0.1, 0.15) is 0 Å². The van der Waals surface area contributed by atoms with Gasteiger partial charge >= 0.3 is 5.69 Å². The average Bonchev–Trinajstić information content (AvgIpc) is 2.45. The Labute approximate surface area is 114 Å². The van der Waals surface area contributed by atoms with Crippen molar-refractivity contribution in [2.45, 2.75) is 0 Å². The fraction of sp³-hybridized carbons (Fsp3) is 0.167. The van der Waals surface area contributed by atoms with Crippen LogP contribution in [0.25, 0.3) is 10.9 Å². The van der Waals surface area contributed by atoms with Gasteiger partial charge in [0.1, 0.15) is 11.9 Å². The molecule has 0 aliphatic carbocycles. The largest absolute Gasteiger partial charge is 0.394 e. The first kappa shape index (κ1) is 13.7. The summed E-state index contributed by atoms with van der Waals surface area (Å²) in [5.74, 6) is -0.00139. The number of aliphatic hydroxyl groups excluding tert-OH is 1. The molecule has 0 fully saturated rings. The number of aliphatic hydroxyl groups is 1. The van der Waals surface area contributed by atoms with Gasteiger partial charge in [-0.25, -0.2) is 4.98 Å². The van der Waals surface area contributed by atoms with Gasteiger partial charge in [-0.05, 0) is 6.07 Å².